The maximum absolute atomic E-state index is 13.2. The summed E-state index contributed by atoms with van der Waals surface area (Å²) in [4.78, 5) is 29.3. The second-order valence-corrected chi connectivity index (χ2v) is 9.77. The van der Waals surface area contributed by atoms with E-state index in [0.717, 1.165) is 22.5 Å². The van der Waals surface area contributed by atoms with Gasteiger partial charge in [-0.3, -0.25) is 14.3 Å². The van der Waals surface area contributed by atoms with E-state index < -0.39 is 11.9 Å². The third-order valence-electron chi connectivity index (χ3n) is 6.45. The Morgan fingerprint density at radius 3 is 2.58 bits per heavy atom. The van der Waals surface area contributed by atoms with Crippen molar-refractivity contribution in [3.63, 3.8) is 0 Å². The molecule has 2 aromatic carbocycles. The van der Waals surface area contributed by atoms with E-state index in [1.54, 1.807) is 41.1 Å². The van der Waals surface area contributed by atoms with Crippen molar-refractivity contribution in [2.24, 2.45) is 5.92 Å². The predicted octanol–water partition coefficient (Wildman–Crippen LogP) is 4.90. The lowest BCUT2D eigenvalue weighted by Crippen LogP contribution is -2.50. The van der Waals surface area contributed by atoms with Crippen LogP contribution in [-0.2, 0) is 28.9 Å². The van der Waals surface area contributed by atoms with E-state index in [1.165, 1.54) is 0 Å². The second-order valence-electron chi connectivity index (χ2n) is 9.34. The first-order valence-electron chi connectivity index (χ1n) is 12.2. The fraction of sp³-hybridized carbons (Fsp3) is 0.370. The quantitative estimate of drug-likeness (QED) is 0.402. The summed E-state index contributed by atoms with van der Waals surface area (Å²) in [6, 6.07) is 17.4. The largest absolute Gasteiger partial charge is 0.490 e. The summed E-state index contributed by atoms with van der Waals surface area (Å²) in [7, 11) is 1.73. The summed E-state index contributed by atoms with van der Waals surface area (Å²) in [5.41, 5.74) is -0.0585. The number of nitrogens with zero attached hydrogens (tertiary/aromatic N) is 4. The van der Waals surface area contributed by atoms with Crippen molar-refractivity contribution in [2.45, 2.75) is 38.2 Å². The fourth-order valence-corrected chi connectivity index (χ4v) is 4.65. The van der Waals surface area contributed by atoms with Gasteiger partial charge in [0.1, 0.15) is 18.4 Å². The molecule has 7 nitrogen and oxygen atoms in total. The number of hydrogen-bond acceptors (Lipinski definition) is 4. The highest BCUT2D eigenvalue weighted by atomic mass is 35.5. The average Bonchev–Trinajstić information content (AvgIpc) is 3.35. The minimum Gasteiger partial charge on any atom is -0.490 e. The molecule has 0 bridgehead atoms. The molecule has 3 aromatic rings. The third kappa shape index (κ3) is 7.28. The highest BCUT2D eigenvalue weighted by molar-refractivity contribution is 6.30. The molecule has 1 fully saturated rings. The van der Waals surface area contributed by atoms with Gasteiger partial charge in [0.2, 0.25) is 11.8 Å². The number of carbonyl (C=O) groups excluding carboxylic acids is 2. The molecule has 2 heterocycles. The van der Waals surface area contributed by atoms with E-state index in [1.807, 2.05) is 30.3 Å². The first kappa shape index (κ1) is 27.5. The Labute approximate surface area is 223 Å². The first-order chi connectivity index (χ1) is 18.1. The van der Waals surface area contributed by atoms with Crippen LogP contribution in [0.1, 0.15) is 24.1 Å². The van der Waals surface area contributed by atoms with Crippen LogP contribution in [0.4, 0.5) is 13.2 Å². The Kier molecular flexibility index (Phi) is 8.61. The zero-order chi connectivity index (χ0) is 27.3. The molecule has 4 rings (SSSR count). The fourth-order valence-electron chi connectivity index (χ4n) is 4.47. The Morgan fingerprint density at radius 2 is 1.89 bits per heavy atom. The molecule has 0 saturated carbocycles. The molecular weight excluding hydrogens is 521 g/mol. The summed E-state index contributed by atoms with van der Waals surface area (Å²) >= 11 is 6.10. The number of benzene rings is 2. The molecule has 0 aliphatic carbocycles. The van der Waals surface area contributed by atoms with Crippen molar-refractivity contribution in [3.8, 4) is 5.75 Å². The van der Waals surface area contributed by atoms with Gasteiger partial charge >= 0.3 is 6.18 Å². The van der Waals surface area contributed by atoms with E-state index in [0.29, 0.717) is 30.3 Å². The Hall–Kier alpha value is -3.53. The summed E-state index contributed by atoms with van der Waals surface area (Å²) in [6.45, 7) is 0.671. The topological polar surface area (TPSA) is 67.7 Å². The Morgan fingerprint density at radius 1 is 1.13 bits per heavy atom. The number of alkyl halides is 3. The van der Waals surface area contributed by atoms with Crippen molar-refractivity contribution in [2.75, 3.05) is 20.1 Å². The van der Waals surface area contributed by atoms with E-state index in [4.69, 9.17) is 16.3 Å². The molecular formula is C27H28ClF3N4O3. The van der Waals surface area contributed by atoms with E-state index in [9.17, 15) is 22.8 Å². The molecule has 38 heavy (non-hydrogen) atoms. The zero-order valence-electron chi connectivity index (χ0n) is 20.8. The Bertz CT molecular complexity index is 1250. The number of aromatic nitrogens is 2. The number of ether oxygens (including phenoxy) is 1. The first-order valence-corrected chi connectivity index (χ1v) is 12.5. The number of carbonyl (C=O) groups is 2. The number of halogens is 4. The van der Waals surface area contributed by atoms with Crippen LogP contribution < -0.4 is 4.74 Å². The molecule has 202 valence electrons. The molecule has 1 aliphatic heterocycles. The van der Waals surface area contributed by atoms with E-state index >= 15 is 0 Å². The average molecular weight is 549 g/mol. The van der Waals surface area contributed by atoms with E-state index in [-0.39, 0.29) is 43.3 Å². The SMILES string of the molecule is CN(Cc1ccccc1)C(=O)C[C@H]1CN(C(=O)Cn2ccc(C(F)(F)F)n2)CC[C@@H]1Oc1cccc(Cl)c1. The van der Waals surface area contributed by atoms with Gasteiger partial charge in [0.05, 0.1) is 0 Å². The predicted molar refractivity (Wildman–Crippen MR) is 135 cm³/mol. The normalized spacial score (nSPS) is 17.8. The van der Waals surface area contributed by atoms with Crippen LogP contribution in [0.3, 0.4) is 0 Å². The van der Waals surface area contributed by atoms with Crippen LogP contribution >= 0.6 is 11.6 Å². The Balaban J connectivity index is 1.45. The zero-order valence-corrected chi connectivity index (χ0v) is 21.5. The van der Waals surface area contributed by atoms with Crippen molar-refractivity contribution in [1.29, 1.82) is 0 Å². The van der Waals surface area contributed by atoms with Gasteiger partial charge in [0.15, 0.2) is 5.69 Å². The smallest absolute Gasteiger partial charge is 0.435 e. The van der Waals surface area contributed by atoms with Crippen LogP contribution in [0.2, 0.25) is 5.02 Å². The molecule has 2 amide bonds. The maximum Gasteiger partial charge on any atom is 0.435 e. The lowest BCUT2D eigenvalue weighted by Gasteiger charge is -2.39. The van der Waals surface area contributed by atoms with Crippen molar-refractivity contribution >= 4 is 23.4 Å². The van der Waals surface area contributed by atoms with Gasteiger partial charge in [0, 0.05) is 56.7 Å². The van der Waals surface area contributed by atoms with Crippen LogP contribution in [-0.4, -0.2) is 57.6 Å². The van der Waals surface area contributed by atoms with Gasteiger partial charge in [-0.25, -0.2) is 0 Å². The molecule has 0 unspecified atom stereocenters. The van der Waals surface area contributed by atoms with Gasteiger partial charge in [-0.1, -0.05) is 48.0 Å². The van der Waals surface area contributed by atoms with Gasteiger partial charge < -0.3 is 14.5 Å². The number of amides is 2. The number of hydrogen-bond donors (Lipinski definition) is 0. The minimum atomic E-state index is -4.58. The molecule has 1 aromatic heterocycles. The lowest BCUT2D eigenvalue weighted by atomic mass is 9.90. The van der Waals surface area contributed by atoms with Gasteiger partial charge in [0.25, 0.3) is 0 Å². The highest BCUT2D eigenvalue weighted by Crippen LogP contribution is 2.29. The third-order valence-corrected chi connectivity index (χ3v) is 6.69. The molecule has 0 spiro atoms. The number of likely N-dealkylation sites (tertiary alicyclic amines) is 1. The van der Waals surface area contributed by atoms with Crippen LogP contribution in [0.15, 0.2) is 66.9 Å². The molecule has 11 heteroatoms. The standard InChI is InChI=1S/C27H28ClF3N4O3/c1-33(16-19-6-3-2-4-7-19)25(36)14-20-17-34(12-10-23(20)38-22-9-5-8-21(28)15-22)26(37)18-35-13-11-24(32-35)27(29,30)31/h2-9,11,13,15,20,23H,10,12,14,16-18H2,1H3/t20-,23-/m0/s1. The highest BCUT2D eigenvalue weighted by Gasteiger charge is 2.36. The lowest BCUT2D eigenvalue weighted by molar-refractivity contribution is -0.142. The molecule has 2 atom stereocenters. The summed E-state index contributed by atoms with van der Waals surface area (Å²) in [5.74, 6) is -0.248. The van der Waals surface area contributed by atoms with Crippen molar-refractivity contribution in [3.05, 3.63) is 83.1 Å². The van der Waals surface area contributed by atoms with E-state index in [2.05, 4.69) is 5.10 Å². The van der Waals surface area contributed by atoms with Gasteiger partial charge in [-0.15, -0.1) is 0 Å². The molecule has 1 saturated heterocycles. The number of rotatable bonds is 8. The molecule has 1 aliphatic rings. The maximum atomic E-state index is 13.2. The monoisotopic (exact) mass is 548 g/mol. The summed E-state index contributed by atoms with van der Waals surface area (Å²) in [6.07, 6.45) is -3.21. The van der Waals surface area contributed by atoms with Crippen LogP contribution in [0, 0.1) is 5.92 Å². The van der Waals surface area contributed by atoms with Crippen molar-refractivity contribution < 1.29 is 27.5 Å². The summed E-state index contributed by atoms with van der Waals surface area (Å²) in [5, 5.41) is 3.99. The number of piperidine rings is 1. The summed E-state index contributed by atoms with van der Waals surface area (Å²) < 4.78 is 45.8. The molecule has 0 radical (unpaired) electrons. The molecule has 0 N–H and O–H groups in total. The second kappa shape index (κ2) is 11.9. The van der Waals surface area contributed by atoms with Crippen LogP contribution in [0.5, 0.6) is 5.75 Å². The van der Waals surface area contributed by atoms with Gasteiger partial charge in [-0.2, -0.15) is 18.3 Å². The van der Waals surface area contributed by atoms with Crippen LogP contribution in [0.25, 0.3) is 0 Å². The van der Waals surface area contributed by atoms with Crippen molar-refractivity contribution in [1.82, 2.24) is 19.6 Å². The van der Waals surface area contributed by atoms with Gasteiger partial charge in [-0.05, 0) is 29.8 Å². The minimum absolute atomic E-state index is 0.102.